The Bertz CT molecular complexity index is 655. The molecule has 1 heterocycles. The van der Waals surface area contributed by atoms with Gasteiger partial charge in [0.1, 0.15) is 11.9 Å². The van der Waals surface area contributed by atoms with E-state index >= 15 is 0 Å². The van der Waals surface area contributed by atoms with Gasteiger partial charge in [0, 0.05) is 18.9 Å². The van der Waals surface area contributed by atoms with Gasteiger partial charge in [-0.25, -0.2) is 4.39 Å². The summed E-state index contributed by atoms with van der Waals surface area (Å²) in [6, 6.07) is 7.09. The Morgan fingerprint density at radius 3 is 2.61 bits per heavy atom. The lowest BCUT2D eigenvalue weighted by Gasteiger charge is -2.17. The van der Waals surface area contributed by atoms with Crippen molar-refractivity contribution in [2.75, 3.05) is 6.54 Å². The van der Waals surface area contributed by atoms with Crippen molar-refractivity contribution in [3.05, 3.63) is 54.1 Å². The second-order valence-electron chi connectivity index (χ2n) is 5.34. The summed E-state index contributed by atoms with van der Waals surface area (Å²) >= 11 is 0. The number of nitrogens with zero attached hydrogens (tertiary/aromatic N) is 2. The molecular formula is C16H19FN4O2. The van der Waals surface area contributed by atoms with Gasteiger partial charge in [-0.15, -0.1) is 0 Å². The number of aromatic nitrogens is 2. The molecule has 2 amide bonds. The van der Waals surface area contributed by atoms with Gasteiger partial charge < -0.3 is 11.1 Å². The summed E-state index contributed by atoms with van der Waals surface area (Å²) in [6.07, 6.45) is 3.62. The molecule has 2 atom stereocenters. The zero-order chi connectivity index (χ0) is 16.8. The summed E-state index contributed by atoms with van der Waals surface area (Å²) in [7, 11) is 0. The molecule has 1 aromatic heterocycles. The van der Waals surface area contributed by atoms with Crippen molar-refractivity contribution in [1.29, 1.82) is 0 Å². The van der Waals surface area contributed by atoms with Gasteiger partial charge in [0.25, 0.3) is 0 Å². The van der Waals surface area contributed by atoms with Crippen molar-refractivity contribution in [2.45, 2.75) is 19.4 Å². The van der Waals surface area contributed by atoms with Crippen molar-refractivity contribution >= 4 is 11.8 Å². The maximum atomic E-state index is 12.9. The Balaban J connectivity index is 1.93. The topological polar surface area (TPSA) is 90.0 Å². The number of hydrogen-bond donors (Lipinski definition) is 2. The van der Waals surface area contributed by atoms with E-state index in [1.165, 1.54) is 16.8 Å². The lowest BCUT2D eigenvalue weighted by Crippen LogP contribution is -2.39. The number of rotatable bonds is 7. The predicted octanol–water partition coefficient (Wildman–Crippen LogP) is 1.04. The van der Waals surface area contributed by atoms with Gasteiger partial charge in [-0.3, -0.25) is 14.3 Å². The van der Waals surface area contributed by atoms with Crippen LogP contribution in [0.3, 0.4) is 0 Å². The van der Waals surface area contributed by atoms with E-state index in [4.69, 9.17) is 5.73 Å². The average molecular weight is 318 g/mol. The molecule has 0 saturated carbocycles. The molecule has 0 aliphatic rings. The number of primary amides is 1. The summed E-state index contributed by atoms with van der Waals surface area (Å²) in [5, 5.41) is 6.71. The molecule has 0 radical (unpaired) electrons. The quantitative estimate of drug-likeness (QED) is 0.799. The monoisotopic (exact) mass is 318 g/mol. The molecule has 0 aliphatic heterocycles. The highest BCUT2D eigenvalue weighted by atomic mass is 19.1. The SMILES string of the molecule is CC(C(=O)NCC(Cc1ccc(F)cc1)C(N)=O)n1cccn1. The van der Waals surface area contributed by atoms with E-state index in [2.05, 4.69) is 10.4 Å². The number of carbonyl (C=O) groups excluding carboxylic acids is 2. The third kappa shape index (κ3) is 4.64. The van der Waals surface area contributed by atoms with Crippen molar-refractivity contribution in [3.63, 3.8) is 0 Å². The van der Waals surface area contributed by atoms with Gasteiger partial charge >= 0.3 is 0 Å². The average Bonchev–Trinajstić information content (AvgIpc) is 3.06. The van der Waals surface area contributed by atoms with Gasteiger partial charge in [-0.1, -0.05) is 12.1 Å². The minimum absolute atomic E-state index is 0.122. The first-order valence-electron chi connectivity index (χ1n) is 7.28. The van der Waals surface area contributed by atoms with Crippen LogP contribution in [0.4, 0.5) is 4.39 Å². The van der Waals surface area contributed by atoms with E-state index in [0.717, 1.165) is 5.56 Å². The first kappa shape index (κ1) is 16.7. The Labute approximate surface area is 133 Å². The maximum Gasteiger partial charge on any atom is 0.244 e. The minimum Gasteiger partial charge on any atom is -0.369 e. The molecule has 7 heteroatoms. The van der Waals surface area contributed by atoms with Crippen LogP contribution in [-0.4, -0.2) is 28.1 Å². The molecule has 6 nitrogen and oxygen atoms in total. The third-order valence-electron chi connectivity index (χ3n) is 3.62. The maximum absolute atomic E-state index is 12.9. The van der Waals surface area contributed by atoms with Gasteiger partial charge in [0.2, 0.25) is 11.8 Å². The summed E-state index contributed by atoms with van der Waals surface area (Å²) in [6.45, 7) is 1.83. The summed E-state index contributed by atoms with van der Waals surface area (Å²) in [5.74, 6) is -1.67. The Hall–Kier alpha value is -2.70. The molecule has 23 heavy (non-hydrogen) atoms. The van der Waals surface area contributed by atoms with Crippen molar-refractivity contribution < 1.29 is 14.0 Å². The summed E-state index contributed by atoms with van der Waals surface area (Å²) < 4.78 is 14.4. The molecule has 2 unspecified atom stereocenters. The highest BCUT2D eigenvalue weighted by molar-refractivity contribution is 5.81. The first-order valence-corrected chi connectivity index (χ1v) is 7.28. The van der Waals surface area contributed by atoms with Gasteiger partial charge in [0.15, 0.2) is 0 Å². The first-order chi connectivity index (χ1) is 11.0. The van der Waals surface area contributed by atoms with E-state index < -0.39 is 17.9 Å². The molecule has 0 bridgehead atoms. The Morgan fingerprint density at radius 2 is 2.04 bits per heavy atom. The van der Waals surface area contributed by atoms with Crippen LogP contribution in [0.25, 0.3) is 0 Å². The molecule has 2 rings (SSSR count). The standard InChI is InChI=1S/C16H19FN4O2/c1-11(21-8-2-7-20-21)16(23)19-10-13(15(18)22)9-12-3-5-14(17)6-4-12/h2-8,11,13H,9-10H2,1H3,(H2,18,22)(H,19,23). The van der Waals surface area contributed by atoms with Gasteiger partial charge in [-0.05, 0) is 37.1 Å². The normalized spacial score (nSPS) is 13.3. The fraction of sp³-hybridized carbons (Fsp3) is 0.312. The molecule has 122 valence electrons. The lowest BCUT2D eigenvalue weighted by atomic mass is 9.98. The fourth-order valence-electron chi connectivity index (χ4n) is 2.18. The molecule has 3 N–H and O–H groups in total. The number of benzene rings is 1. The molecule has 1 aromatic carbocycles. The van der Waals surface area contributed by atoms with E-state index in [1.807, 2.05) is 0 Å². The molecule has 0 spiro atoms. The van der Waals surface area contributed by atoms with Gasteiger partial charge in [0.05, 0.1) is 5.92 Å². The minimum atomic E-state index is -0.561. The fourth-order valence-corrected chi connectivity index (χ4v) is 2.18. The van der Waals surface area contributed by atoms with E-state index in [-0.39, 0.29) is 18.3 Å². The van der Waals surface area contributed by atoms with Crippen molar-refractivity contribution in [2.24, 2.45) is 11.7 Å². The number of hydrogen-bond acceptors (Lipinski definition) is 3. The third-order valence-corrected chi connectivity index (χ3v) is 3.62. The second-order valence-corrected chi connectivity index (χ2v) is 5.34. The van der Waals surface area contributed by atoms with Crippen LogP contribution in [0, 0.1) is 11.7 Å². The smallest absolute Gasteiger partial charge is 0.244 e. The van der Waals surface area contributed by atoms with Crippen LogP contribution >= 0.6 is 0 Å². The van der Waals surface area contributed by atoms with Gasteiger partial charge in [-0.2, -0.15) is 5.10 Å². The zero-order valence-corrected chi connectivity index (χ0v) is 12.8. The van der Waals surface area contributed by atoms with E-state index in [9.17, 15) is 14.0 Å². The number of carbonyl (C=O) groups is 2. The van der Waals surface area contributed by atoms with Crippen LogP contribution < -0.4 is 11.1 Å². The molecule has 2 aromatic rings. The van der Waals surface area contributed by atoms with Crippen LogP contribution in [0.2, 0.25) is 0 Å². The van der Waals surface area contributed by atoms with Crippen molar-refractivity contribution in [1.82, 2.24) is 15.1 Å². The largest absolute Gasteiger partial charge is 0.369 e. The molecular weight excluding hydrogens is 299 g/mol. The number of halogens is 1. The Morgan fingerprint density at radius 1 is 1.35 bits per heavy atom. The number of nitrogens with one attached hydrogen (secondary N) is 1. The zero-order valence-electron chi connectivity index (χ0n) is 12.8. The predicted molar refractivity (Wildman–Crippen MR) is 82.7 cm³/mol. The molecule has 0 aliphatic carbocycles. The van der Waals surface area contributed by atoms with Crippen LogP contribution in [-0.2, 0) is 16.0 Å². The van der Waals surface area contributed by atoms with Crippen LogP contribution in [0.5, 0.6) is 0 Å². The van der Waals surface area contributed by atoms with E-state index in [1.54, 1.807) is 37.5 Å². The highest BCUT2D eigenvalue weighted by Crippen LogP contribution is 2.10. The van der Waals surface area contributed by atoms with Crippen molar-refractivity contribution in [3.8, 4) is 0 Å². The molecule has 0 fully saturated rings. The number of nitrogens with two attached hydrogens (primary N) is 1. The summed E-state index contributed by atoms with van der Waals surface area (Å²) in [5.41, 5.74) is 6.17. The highest BCUT2D eigenvalue weighted by Gasteiger charge is 2.20. The molecule has 0 saturated heterocycles. The number of amides is 2. The van der Waals surface area contributed by atoms with Crippen LogP contribution in [0.15, 0.2) is 42.7 Å². The van der Waals surface area contributed by atoms with E-state index in [0.29, 0.717) is 6.42 Å². The second kappa shape index (κ2) is 7.53. The van der Waals surface area contributed by atoms with Crippen LogP contribution in [0.1, 0.15) is 18.5 Å². The Kier molecular flexibility index (Phi) is 5.46. The lowest BCUT2D eigenvalue weighted by molar-refractivity contribution is -0.125. The summed E-state index contributed by atoms with van der Waals surface area (Å²) in [4.78, 5) is 23.7.